The highest BCUT2D eigenvalue weighted by atomic mass is 16.2. The maximum Gasteiger partial charge on any atom is 0.242 e. The van der Waals surface area contributed by atoms with E-state index in [0.717, 1.165) is 50.1 Å². The molecule has 0 aromatic heterocycles. The van der Waals surface area contributed by atoms with Crippen molar-refractivity contribution in [3.05, 3.63) is 71.8 Å². The zero-order chi connectivity index (χ0) is 25.8. The molecule has 198 valence electrons. The summed E-state index contributed by atoms with van der Waals surface area (Å²) < 4.78 is 0. The highest BCUT2D eigenvalue weighted by Gasteiger charge is 2.54. The van der Waals surface area contributed by atoms with Gasteiger partial charge in [0.2, 0.25) is 11.8 Å². The lowest BCUT2D eigenvalue weighted by atomic mass is 9.49. The molecule has 2 aromatic carbocycles. The second-order valence-electron chi connectivity index (χ2n) is 11.5. The highest BCUT2D eigenvalue weighted by Crippen LogP contribution is 2.60. The molecule has 1 aliphatic heterocycles. The minimum atomic E-state index is -0.188. The second-order valence-corrected chi connectivity index (χ2v) is 11.5. The van der Waals surface area contributed by atoms with Crippen LogP contribution in [0.3, 0.4) is 0 Å². The molecule has 4 aliphatic carbocycles. The molecular formula is C32H43N3O2. The molecule has 4 saturated carbocycles. The number of benzene rings is 2. The van der Waals surface area contributed by atoms with Gasteiger partial charge >= 0.3 is 0 Å². The summed E-state index contributed by atoms with van der Waals surface area (Å²) in [7, 11) is 0. The molecule has 0 atom stereocenters. The van der Waals surface area contributed by atoms with Crippen LogP contribution in [-0.4, -0.2) is 54.3 Å². The molecule has 0 unspecified atom stereocenters. The van der Waals surface area contributed by atoms with Crippen LogP contribution in [0.25, 0.3) is 0 Å². The quantitative estimate of drug-likeness (QED) is 0.586. The lowest BCUT2D eigenvalue weighted by Gasteiger charge is -2.55. The number of nitrogens with zero attached hydrogens (tertiary/aromatic N) is 2. The molecule has 2 aromatic rings. The van der Waals surface area contributed by atoms with E-state index in [4.69, 9.17) is 0 Å². The van der Waals surface area contributed by atoms with Gasteiger partial charge in [0.25, 0.3) is 0 Å². The summed E-state index contributed by atoms with van der Waals surface area (Å²) in [5.74, 6) is 2.41. The van der Waals surface area contributed by atoms with Crippen molar-refractivity contribution in [2.75, 3.05) is 32.7 Å². The van der Waals surface area contributed by atoms with Crippen LogP contribution in [0.15, 0.2) is 60.7 Å². The number of carbonyl (C=O) groups excluding carboxylic acids is 2. The van der Waals surface area contributed by atoms with E-state index in [9.17, 15) is 9.59 Å². The lowest BCUT2D eigenvalue weighted by Crippen LogP contribution is -2.56. The monoisotopic (exact) mass is 501 g/mol. The average Bonchev–Trinajstić information content (AvgIpc) is 2.94. The van der Waals surface area contributed by atoms with Crippen LogP contribution < -0.4 is 5.32 Å². The Hall–Kier alpha value is -2.66. The molecule has 5 heteroatoms. The smallest absolute Gasteiger partial charge is 0.242 e. The largest absolute Gasteiger partial charge is 0.347 e. The summed E-state index contributed by atoms with van der Waals surface area (Å²) in [4.78, 5) is 30.7. The number of rotatable bonds is 6. The molecule has 37 heavy (non-hydrogen) atoms. The predicted octanol–water partition coefficient (Wildman–Crippen LogP) is 5.28. The minimum Gasteiger partial charge on any atom is -0.347 e. The number of hydrogen-bond donors (Lipinski definition) is 1. The summed E-state index contributed by atoms with van der Waals surface area (Å²) in [6, 6.07) is 21.4. The van der Waals surface area contributed by atoms with Crippen molar-refractivity contribution in [1.82, 2.24) is 15.1 Å². The van der Waals surface area contributed by atoms with Crippen molar-refractivity contribution in [3.63, 3.8) is 0 Å². The average molecular weight is 502 g/mol. The van der Waals surface area contributed by atoms with Crippen molar-refractivity contribution in [3.8, 4) is 0 Å². The van der Waals surface area contributed by atoms with E-state index < -0.39 is 0 Å². The third kappa shape index (κ3) is 5.47. The number of carbonyl (C=O) groups is 2. The standard InChI is InChI=1S/C30H37N3O2.C2H6/c34-27(21-31-29(35)30-18-22-15-23(19-30)17-24(16-22)20-30)32-11-13-33(14-12-32)28(25-7-3-1-4-8-25)26-9-5-2-6-10-26;1-2/h1-10,22-24,28H,11-21H2,(H,31,35);1-2H3. The number of amides is 2. The van der Waals surface area contributed by atoms with E-state index in [1.165, 1.54) is 30.4 Å². The Morgan fingerprint density at radius 2 is 1.24 bits per heavy atom. The van der Waals surface area contributed by atoms with Crippen LogP contribution in [0.5, 0.6) is 0 Å². The number of piperazine rings is 1. The van der Waals surface area contributed by atoms with Gasteiger partial charge in [-0.2, -0.15) is 0 Å². The van der Waals surface area contributed by atoms with Gasteiger partial charge in [0.05, 0.1) is 12.6 Å². The van der Waals surface area contributed by atoms with E-state index in [1.807, 2.05) is 18.7 Å². The van der Waals surface area contributed by atoms with Crippen molar-refractivity contribution in [2.24, 2.45) is 23.2 Å². The van der Waals surface area contributed by atoms with Crippen LogP contribution in [0.2, 0.25) is 0 Å². The Kier molecular flexibility index (Phi) is 7.99. The summed E-state index contributed by atoms with van der Waals surface area (Å²) >= 11 is 0. The third-order valence-corrected chi connectivity index (χ3v) is 9.18. The van der Waals surface area contributed by atoms with E-state index in [-0.39, 0.29) is 29.8 Å². The third-order valence-electron chi connectivity index (χ3n) is 9.18. The fourth-order valence-electron chi connectivity index (χ4n) is 7.96. The maximum atomic E-state index is 13.2. The first-order valence-electron chi connectivity index (χ1n) is 14.5. The molecule has 4 bridgehead atoms. The van der Waals surface area contributed by atoms with E-state index >= 15 is 0 Å². The SMILES string of the molecule is CC.O=C(CNC(=O)C12CC3CC(CC(C3)C1)C2)N1CCN(C(c2ccccc2)c2ccccc2)CC1. The Bertz CT molecular complexity index is 971. The molecule has 5 aliphatic rings. The van der Waals surface area contributed by atoms with Gasteiger partial charge in [-0.15, -0.1) is 0 Å². The van der Waals surface area contributed by atoms with E-state index in [2.05, 4.69) is 70.9 Å². The highest BCUT2D eigenvalue weighted by molar-refractivity contribution is 5.88. The summed E-state index contributed by atoms with van der Waals surface area (Å²) in [5, 5.41) is 3.08. The Morgan fingerprint density at radius 3 is 1.70 bits per heavy atom. The Balaban J connectivity index is 0.00000137. The molecule has 1 saturated heterocycles. The van der Waals surface area contributed by atoms with Crippen molar-refractivity contribution >= 4 is 11.8 Å². The summed E-state index contributed by atoms with van der Waals surface area (Å²) in [6.07, 6.45) is 7.09. The fourth-order valence-corrected chi connectivity index (χ4v) is 7.96. The first-order valence-corrected chi connectivity index (χ1v) is 14.5. The van der Waals surface area contributed by atoms with Gasteiger partial charge < -0.3 is 10.2 Å². The first kappa shape index (κ1) is 26.0. The maximum absolute atomic E-state index is 13.2. The van der Waals surface area contributed by atoms with Crippen LogP contribution in [0, 0.1) is 23.2 Å². The van der Waals surface area contributed by atoms with Gasteiger partial charge in [-0.3, -0.25) is 14.5 Å². The molecule has 1 N–H and O–H groups in total. The van der Waals surface area contributed by atoms with Gasteiger partial charge in [0, 0.05) is 31.6 Å². The molecule has 0 spiro atoms. The van der Waals surface area contributed by atoms with E-state index in [0.29, 0.717) is 13.1 Å². The summed E-state index contributed by atoms with van der Waals surface area (Å²) in [5.41, 5.74) is 2.37. The fraction of sp³-hybridized carbons (Fsp3) is 0.562. The van der Waals surface area contributed by atoms with Crippen molar-refractivity contribution in [2.45, 2.75) is 58.4 Å². The lowest BCUT2D eigenvalue weighted by molar-refractivity contribution is -0.148. The second kappa shape index (κ2) is 11.4. The van der Waals surface area contributed by atoms with Gasteiger partial charge in [-0.25, -0.2) is 0 Å². The first-order chi connectivity index (χ1) is 18.1. The van der Waals surface area contributed by atoms with Crippen LogP contribution in [0.1, 0.15) is 69.5 Å². The number of hydrogen-bond acceptors (Lipinski definition) is 3. The van der Waals surface area contributed by atoms with Crippen LogP contribution in [0.4, 0.5) is 0 Å². The van der Waals surface area contributed by atoms with Crippen molar-refractivity contribution < 1.29 is 9.59 Å². The molecule has 2 amide bonds. The van der Waals surface area contributed by atoms with Gasteiger partial charge in [-0.05, 0) is 67.4 Å². The van der Waals surface area contributed by atoms with Crippen LogP contribution in [-0.2, 0) is 9.59 Å². The molecular weight excluding hydrogens is 458 g/mol. The number of nitrogens with one attached hydrogen (secondary N) is 1. The van der Waals surface area contributed by atoms with E-state index in [1.54, 1.807) is 0 Å². The van der Waals surface area contributed by atoms with Gasteiger partial charge in [-0.1, -0.05) is 74.5 Å². The normalized spacial score (nSPS) is 28.5. The Labute approximate surface area is 222 Å². The van der Waals surface area contributed by atoms with Crippen LogP contribution >= 0.6 is 0 Å². The topological polar surface area (TPSA) is 52.7 Å². The zero-order valence-electron chi connectivity index (χ0n) is 22.6. The predicted molar refractivity (Wildman–Crippen MR) is 148 cm³/mol. The minimum absolute atomic E-state index is 0.0544. The summed E-state index contributed by atoms with van der Waals surface area (Å²) in [6.45, 7) is 7.18. The molecule has 1 heterocycles. The molecule has 7 rings (SSSR count). The van der Waals surface area contributed by atoms with Gasteiger partial charge in [0.15, 0.2) is 0 Å². The Morgan fingerprint density at radius 1 is 0.784 bits per heavy atom. The zero-order valence-corrected chi connectivity index (χ0v) is 22.6. The molecule has 5 nitrogen and oxygen atoms in total. The molecule has 0 radical (unpaired) electrons. The molecule has 5 fully saturated rings. The van der Waals surface area contributed by atoms with Gasteiger partial charge in [0.1, 0.15) is 0 Å². The van der Waals surface area contributed by atoms with Crippen molar-refractivity contribution in [1.29, 1.82) is 0 Å².